The van der Waals surface area contributed by atoms with Gasteiger partial charge in [0.25, 0.3) is 0 Å². The second-order valence-corrected chi connectivity index (χ2v) is 8.89. The predicted molar refractivity (Wildman–Crippen MR) is 150 cm³/mol. The Kier molecular flexibility index (Phi) is 5.33. The molecule has 0 aliphatic carbocycles. The molecule has 6 nitrogen and oxygen atoms in total. The molecule has 7 rings (SSSR count). The van der Waals surface area contributed by atoms with E-state index in [2.05, 4.69) is 80.6 Å². The van der Waals surface area contributed by atoms with Crippen LogP contribution in [0.2, 0.25) is 0 Å². The molecule has 178 valence electrons. The van der Waals surface area contributed by atoms with Crippen LogP contribution in [0.4, 0.5) is 0 Å². The van der Waals surface area contributed by atoms with Crippen molar-refractivity contribution in [3.05, 3.63) is 122 Å². The first-order valence-corrected chi connectivity index (χ1v) is 12.3. The van der Waals surface area contributed by atoms with E-state index in [1.807, 2.05) is 36.5 Å². The molecule has 3 aromatic carbocycles. The summed E-state index contributed by atoms with van der Waals surface area (Å²) in [7, 11) is 0. The van der Waals surface area contributed by atoms with Crippen LogP contribution in [-0.4, -0.2) is 29.9 Å². The van der Waals surface area contributed by atoms with Crippen molar-refractivity contribution in [1.29, 1.82) is 0 Å². The highest BCUT2D eigenvalue weighted by Crippen LogP contribution is 2.35. The zero-order valence-corrected chi connectivity index (χ0v) is 20.2. The third-order valence-corrected chi connectivity index (χ3v) is 6.57. The fourth-order valence-corrected chi connectivity index (χ4v) is 4.71. The first-order valence-electron chi connectivity index (χ1n) is 12.3. The van der Waals surface area contributed by atoms with Crippen molar-refractivity contribution >= 4 is 21.8 Å². The van der Waals surface area contributed by atoms with Gasteiger partial charge >= 0.3 is 0 Å². The summed E-state index contributed by atoms with van der Waals surface area (Å²) in [5.41, 5.74) is 7.85. The first kappa shape index (κ1) is 21.9. The van der Waals surface area contributed by atoms with E-state index in [1.165, 1.54) is 0 Å². The number of benzene rings is 3. The predicted octanol–water partition coefficient (Wildman–Crippen LogP) is 7.03. The molecule has 0 amide bonds. The van der Waals surface area contributed by atoms with Gasteiger partial charge in [0.1, 0.15) is 0 Å². The SMILES string of the molecule is c1cnc(-c2ccc(-c3ccc4cc(-c5ccc(-c6ncccn6)cc5)c5cccnc5c4n3)cc2)nc1. The van der Waals surface area contributed by atoms with Crippen LogP contribution in [0.5, 0.6) is 0 Å². The second kappa shape index (κ2) is 9.26. The van der Waals surface area contributed by atoms with E-state index >= 15 is 0 Å². The quantitative estimate of drug-likeness (QED) is 0.248. The minimum atomic E-state index is 0.706. The summed E-state index contributed by atoms with van der Waals surface area (Å²) in [4.78, 5) is 27.2. The molecule has 0 fully saturated rings. The van der Waals surface area contributed by atoms with Crippen LogP contribution in [-0.2, 0) is 0 Å². The Bertz CT molecular complexity index is 1890. The average molecular weight is 489 g/mol. The van der Waals surface area contributed by atoms with E-state index in [0.29, 0.717) is 11.6 Å². The lowest BCUT2D eigenvalue weighted by molar-refractivity contribution is 1.18. The number of nitrogens with zero attached hydrogens (tertiary/aromatic N) is 6. The number of rotatable bonds is 4. The third kappa shape index (κ3) is 3.94. The highest BCUT2D eigenvalue weighted by molar-refractivity contribution is 6.10. The fourth-order valence-electron chi connectivity index (χ4n) is 4.71. The molecular formula is C32H20N6. The van der Waals surface area contributed by atoms with Crippen LogP contribution in [0.15, 0.2) is 122 Å². The summed E-state index contributed by atoms with van der Waals surface area (Å²) < 4.78 is 0. The van der Waals surface area contributed by atoms with Crippen molar-refractivity contribution in [2.75, 3.05) is 0 Å². The topological polar surface area (TPSA) is 77.3 Å². The first-order chi connectivity index (χ1) is 18.8. The van der Waals surface area contributed by atoms with Crippen molar-refractivity contribution in [1.82, 2.24) is 29.9 Å². The average Bonchev–Trinajstić information content (AvgIpc) is 3.01. The van der Waals surface area contributed by atoms with Crippen molar-refractivity contribution in [2.45, 2.75) is 0 Å². The molecule has 38 heavy (non-hydrogen) atoms. The number of hydrogen-bond acceptors (Lipinski definition) is 6. The van der Waals surface area contributed by atoms with Gasteiger partial charge in [0.05, 0.1) is 16.7 Å². The van der Waals surface area contributed by atoms with E-state index in [0.717, 1.165) is 55.3 Å². The van der Waals surface area contributed by atoms with Gasteiger partial charge in [-0.2, -0.15) is 0 Å². The Morgan fingerprint density at radius 2 is 0.974 bits per heavy atom. The molecule has 0 unspecified atom stereocenters. The summed E-state index contributed by atoms with van der Waals surface area (Å²) in [6.45, 7) is 0. The van der Waals surface area contributed by atoms with Gasteiger partial charge in [0.2, 0.25) is 0 Å². The van der Waals surface area contributed by atoms with Crippen molar-refractivity contribution < 1.29 is 0 Å². The van der Waals surface area contributed by atoms with Crippen molar-refractivity contribution in [3.8, 4) is 45.2 Å². The van der Waals surface area contributed by atoms with Crippen LogP contribution in [0.1, 0.15) is 0 Å². The maximum atomic E-state index is 5.05. The Morgan fingerprint density at radius 1 is 0.421 bits per heavy atom. The van der Waals surface area contributed by atoms with Gasteiger partial charge in [-0.15, -0.1) is 0 Å². The standard InChI is InChI=1S/C32H20N6/c1-4-26-27(21-5-9-23(10-6-21)31-34-16-2-17-35-31)20-25-13-14-28(38-29(25)30(26)33-15-1)22-7-11-24(12-8-22)32-36-18-3-19-37-32/h1-20H. The highest BCUT2D eigenvalue weighted by atomic mass is 14.9. The highest BCUT2D eigenvalue weighted by Gasteiger charge is 2.13. The Hall–Kier alpha value is -5.36. The van der Waals surface area contributed by atoms with Gasteiger partial charge in [0.15, 0.2) is 11.6 Å². The van der Waals surface area contributed by atoms with Crippen LogP contribution in [0, 0.1) is 0 Å². The lowest BCUT2D eigenvalue weighted by Gasteiger charge is -2.12. The van der Waals surface area contributed by atoms with Crippen LogP contribution >= 0.6 is 0 Å². The molecule has 0 radical (unpaired) electrons. The molecule has 0 saturated carbocycles. The maximum Gasteiger partial charge on any atom is 0.159 e. The maximum absolute atomic E-state index is 5.05. The number of hydrogen-bond donors (Lipinski definition) is 0. The van der Waals surface area contributed by atoms with Gasteiger partial charge in [-0.05, 0) is 41.5 Å². The van der Waals surface area contributed by atoms with E-state index in [9.17, 15) is 0 Å². The molecular weight excluding hydrogens is 468 g/mol. The van der Waals surface area contributed by atoms with Gasteiger partial charge < -0.3 is 0 Å². The summed E-state index contributed by atoms with van der Waals surface area (Å²) in [5, 5.41) is 2.10. The van der Waals surface area contributed by atoms with Crippen molar-refractivity contribution in [2.24, 2.45) is 0 Å². The molecule has 0 aliphatic rings. The molecule has 0 aliphatic heterocycles. The fraction of sp³-hybridized carbons (Fsp3) is 0. The minimum absolute atomic E-state index is 0.706. The normalized spacial score (nSPS) is 11.2. The number of aromatic nitrogens is 6. The lowest BCUT2D eigenvalue weighted by Crippen LogP contribution is -1.92. The van der Waals surface area contributed by atoms with Crippen LogP contribution in [0.25, 0.3) is 67.0 Å². The van der Waals surface area contributed by atoms with Gasteiger partial charge in [-0.3, -0.25) is 4.98 Å². The Morgan fingerprint density at radius 3 is 1.61 bits per heavy atom. The molecule has 6 heteroatoms. The van der Waals surface area contributed by atoms with Gasteiger partial charge in [-0.25, -0.2) is 24.9 Å². The van der Waals surface area contributed by atoms with Crippen LogP contribution in [0.3, 0.4) is 0 Å². The molecule has 4 aromatic heterocycles. The summed E-state index contributed by atoms with van der Waals surface area (Å²) in [5.74, 6) is 1.42. The lowest BCUT2D eigenvalue weighted by atomic mass is 9.96. The largest absolute Gasteiger partial charge is 0.254 e. The smallest absolute Gasteiger partial charge is 0.159 e. The summed E-state index contributed by atoms with van der Waals surface area (Å²) in [6, 6.07) is 30.6. The summed E-state index contributed by atoms with van der Waals surface area (Å²) >= 11 is 0. The van der Waals surface area contributed by atoms with E-state index < -0.39 is 0 Å². The van der Waals surface area contributed by atoms with E-state index in [4.69, 9.17) is 9.97 Å². The zero-order chi connectivity index (χ0) is 25.3. The molecule has 0 atom stereocenters. The molecule has 0 saturated heterocycles. The molecule has 0 spiro atoms. The minimum Gasteiger partial charge on any atom is -0.254 e. The van der Waals surface area contributed by atoms with E-state index in [1.54, 1.807) is 24.8 Å². The zero-order valence-electron chi connectivity index (χ0n) is 20.2. The van der Waals surface area contributed by atoms with Gasteiger partial charge in [0, 0.05) is 58.4 Å². The van der Waals surface area contributed by atoms with Crippen LogP contribution < -0.4 is 0 Å². The monoisotopic (exact) mass is 488 g/mol. The number of pyridine rings is 2. The van der Waals surface area contributed by atoms with Crippen molar-refractivity contribution in [3.63, 3.8) is 0 Å². The number of fused-ring (bicyclic) bond motifs is 3. The Balaban J connectivity index is 1.30. The molecule has 4 heterocycles. The molecule has 0 N–H and O–H groups in total. The van der Waals surface area contributed by atoms with Gasteiger partial charge in [-0.1, -0.05) is 60.7 Å². The molecule has 7 aromatic rings. The third-order valence-electron chi connectivity index (χ3n) is 6.57. The van der Waals surface area contributed by atoms with E-state index in [-0.39, 0.29) is 0 Å². The summed E-state index contributed by atoms with van der Waals surface area (Å²) in [6.07, 6.45) is 8.83. The second-order valence-electron chi connectivity index (χ2n) is 8.89. The Labute approximate surface area is 218 Å². The molecule has 0 bridgehead atoms.